The van der Waals surface area contributed by atoms with Crippen molar-refractivity contribution in [3.8, 4) is 11.5 Å². The summed E-state index contributed by atoms with van der Waals surface area (Å²) in [5.74, 6) is -5.45. The Morgan fingerprint density at radius 2 is 2.00 bits per heavy atom. The predicted octanol–water partition coefficient (Wildman–Crippen LogP) is 2.08. The molecular weight excluding hydrogens is 227 g/mol. The van der Waals surface area contributed by atoms with Gasteiger partial charge in [0.1, 0.15) is 0 Å². The van der Waals surface area contributed by atoms with Crippen LogP contribution in [-0.2, 0) is 4.79 Å². The highest BCUT2D eigenvalue weighted by Crippen LogP contribution is 2.38. The summed E-state index contributed by atoms with van der Waals surface area (Å²) in [5.41, 5.74) is -0.178. The molecule has 1 unspecified atom stereocenters. The molecule has 1 atom stereocenters. The van der Waals surface area contributed by atoms with E-state index in [-0.39, 0.29) is 10.6 Å². The molecule has 0 radical (unpaired) electrons. The normalized spacial score (nSPS) is 12.5. The van der Waals surface area contributed by atoms with Gasteiger partial charge in [0.15, 0.2) is 11.5 Å². The van der Waals surface area contributed by atoms with E-state index in [1.807, 2.05) is 0 Å². The topological polar surface area (TPSA) is 77.8 Å². The first kappa shape index (κ1) is 11.6. The first-order valence-corrected chi connectivity index (χ1v) is 4.36. The van der Waals surface area contributed by atoms with E-state index in [1.165, 1.54) is 6.92 Å². The summed E-state index contributed by atoms with van der Waals surface area (Å²) < 4.78 is 13.1. The maximum Gasteiger partial charge on any atom is 0.310 e. The highest BCUT2D eigenvalue weighted by molar-refractivity contribution is 6.32. The van der Waals surface area contributed by atoms with Gasteiger partial charge < -0.3 is 15.3 Å². The highest BCUT2D eigenvalue weighted by Gasteiger charge is 2.23. The van der Waals surface area contributed by atoms with Gasteiger partial charge in [-0.2, -0.15) is 4.39 Å². The van der Waals surface area contributed by atoms with Gasteiger partial charge in [-0.25, -0.2) is 0 Å². The Balaban J connectivity index is 3.38. The quantitative estimate of drug-likeness (QED) is 0.732. The van der Waals surface area contributed by atoms with Crippen molar-refractivity contribution >= 4 is 17.6 Å². The van der Waals surface area contributed by atoms with Gasteiger partial charge >= 0.3 is 5.97 Å². The summed E-state index contributed by atoms with van der Waals surface area (Å²) in [6, 6.07) is 1.02. The minimum absolute atomic E-state index is 0.178. The molecule has 4 nitrogen and oxygen atoms in total. The molecule has 0 saturated carbocycles. The van der Waals surface area contributed by atoms with Crippen LogP contribution in [0.3, 0.4) is 0 Å². The van der Waals surface area contributed by atoms with Crippen LogP contribution in [0.4, 0.5) is 4.39 Å². The minimum Gasteiger partial charge on any atom is -0.505 e. The van der Waals surface area contributed by atoms with Gasteiger partial charge in [-0.1, -0.05) is 11.6 Å². The Morgan fingerprint density at radius 3 is 2.47 bits per heavy atom. The van der Waals surface area contributed by atoms with E-state index in [4.69, 9.17) is 21.8 Å². The third-order valence-electron chi connectivity index (χ3n) is 2.03. The molecular formula is C9H8ClFO4. The molecule has 1 aromatic rings. The number of phenolic OH excluding ortho intramolecular Hbond substituents is 2. The molecule has 0 aliphatic carbocycles. The average Bonchev–Trinajstić information content (AvgIpc) is 2.19. The first-order valence-electron chi connectivity index (χ1n) is 3.98. The van der Waals surface area contributed by atoms with E-state index < -0.39 is 29.2 Å². The zero-order valence-electron chi connectivity index (χ0n) is 7.66. The molecule has 0 amide bonds. The van der Waals surface area contributed by atoms with Gasteiger partial charge in [-0.05, 0) is 13.0 Å². The zero-order valence-corrected chi connectivity index (χ0v) is 8.42. The van der Waals surface area contributed by atoms with Crippen LogP contribution < -0.4 is 0 Å². The van der Waals surface area contributed by atoms with Crippen molar-refractivity contribution in [3.05, 3.63) is 22.5 Å². The number of carboxylic acids is 1. The summed E-state index contributed by atoms with van der Waals surface area (Å²) in [4.78, 5) is 10.6. The third-order valence-corrected chi connectivity index (χ3v) is 2.32. The van der Waals surface area contributed by atoms with E-state index >= 15 is 0 Å². The Morgan fingerprint density at radius 1 is 1.47 bits per heavy atom. The number of aliphatic carboxylic acids is 1. The molecule has 0 heterocycles. The number of benzene rings is 1. The van der Waals surface area contributed by atoms with Crippen LogP contribution in [-0.4, -0.2) is 21.3 Å². The van der Waals surface area contributed by atoms with E-state index in [9.17, 15) is 14.3 Å². The monoisotopic (exact) mass is 234 g/mol. The Bertz CT molecular complexity index is 419. The average molecular weight is 235 g/mol. The van der Waals surface area contributed by atoms with Gasteiger partial charge in [-0.15, -0.1) is 0 Å². The van der Waals surface area contributed by atoms with Crippen molar-refractivity contribution in [1.29, 1.82) is 0 Å². The molecule has 15 heavy (non-hydrogen) atoms. The zero-order chi connectivity index (χ0) is 11.7. The third kappa shape index (κ3) is 1.97. The van der Waals surface area contributed by atoms with Crippen molar-refractivity contribution in [2.45, 2.75) is 12.8 Å². The van der Waals surface area contributed by atoms with E-state index in [1.54, 1.807) is 0 Å². The fourth-order valence-corrected chi connectivity index (χ4v) is 1.28. The van der Waals surface area contributed by atoms with E-state index in [2.05, 4.69) is 0 Å². The van der Waals surface area contributed by atoms with Gasteiger partial charge in [0.05, 0.1) is 10.9 Å². The molecule has 0 aliphatic rings. The second kappa shape index (κ2) is 3.94. The summed E-state index contributed by atoms with van der Waals surface area (Å²) in [5, 5.41) is 26.6. The van der Waals surface area contributed by atoms with Crippen molar-refractivity contribution < 1.29 is 24.5 Å². The molecule has 0 spiro atoms. The number of carboxylic acid groups (broad SMARTS) is 1. The number of phenols is 2. The Labute approximate surface area is 89.5 Å². The smallest absolute Gasteiger partial charge is 0.310 e. The van der Waals surface area contributed by atoms with Crippen LogP contribution in [0.1, 0.15) is 18.4 Å². The van der Waals surface area contributed by atoms with Gasteiger partial charge in [0.2, 0.25) is 5.82 Å². The van der Waals surface area contributed by atoms with Gasteiger partial charge in [-0.3, -0.25) is 4.79 Å². The van der Waals surface area contributed by atoms with Crippen molar-refractivity contribution in [3.63, 3.8) is 0 Å². The second-order valence-corrected chi connectivity index (χ2v) is 3.43. The Kier molecular flexibility index (Phi) is 3.04. The number of halogens is 2. The largest absolute Gasteiger partial charge is 0.505 e. The molecule has 0 aromatic heterocycles. The number of aromatic hydroxyl groups is 2. The minimum atomic E-state index is -1.31. The van der Waals surface area contributed by atoms with Gasteiger partial charge in [0.25, 0.3) is 0 Å². The summed E-state index contributed by atoms with van der Waals surface area (Å²) in [7, 11) is 0. The predicted molar refractivity (Wildman–Crippen MR) is 50.8 cm³/mol. The lowest BCUT2D eigenvalue weighted by molar-refractivity contribution is -0.138. The summed E-state index contributed by atoms with van der Waals surface area (Å²) in [6.07, 6.45) is 0. The lowest BCUT2D eigenvalue weighted by Gasteiger charge is -2.11. The summed E-state index contributed by atoms with van der Waals surface area (Å²) >= 11 is 5.45. The number of rotatable bonds is 2. The van der Waals surface area contributed by atoms with Crippen molar-refractivity contribution in [2.24, 2.45) is 0 Å². The highest BCUT2D eigenvalue weighted by atomic mass is 35.5. The molecule has 0 saturated heterocycles. The van der Waals surface area contributed by atoms with Crippen LogP contribution >= 0.6 is 11.6 Å². The Hall–Kier alpha value is -1.49. The molecule has 82 valence electrons. The fraction of sp³-hybridized carbons (Fsp3) is 0.222. The van der Waals surface area contributed by atoms with Crippen LogP contribution in [0.2, 0.25) is 5.02 Å². The van der Waals surface area contributed by atoms with Crippen molar-refractivity contribution in [2.75, 3.05) is 0 Å². The molecule has 0 bridgehead atoms. The van der Waals surface area contributed by atoms with E-state index in [0.29, 0.717) is 0 Å². The number of hydrogen-bond acceptors (Lipinski definition) is 3. The number of carbonyl (C=O) groups is 1. The molecule has 3 N–H and O–H groups in total. The SMILES string of the molecule is CC(C(=O)O)c1cc(Cl)c(O)c(F)c1O. The maximum absolute atomic E-state index is 13.1. The fourth-order valence-electron chi connectivity index (χ4n) is 1.08. The number of hydrogen-bond donors (Lipinski definition) is 3. The van der Waals surface area contributed by atoms with Crippen molar-refractivity contribution in [1.82, 2.24) is 0 Å². The van der Waals surface area contributed by atoms with Crippen LogP contribution in [0.15, 0.2) is 6.07 Å². The van der Waals surface area contributed by atoms with Crippen LogP contribution in [0, 0.1) is 5.82 Å². The molecule has 1 aromatic carbocycles. The summed E-state index contributed by atoms with van der Waals surface area (Å²) in [6.45, 7) is 1.27. The standard InChI is InChI=1S/C9H8ClFO4/c1-3(9(14)15)4-2-5(10)8(13)6(11)7(4)12/h2-3,12-13H,1H3,(H,14,15). The lowest BCUT2D eigenvalue weighted by atomic mass is 10.00. The maximum atomic E-state index is 13.1. The molecule has 6 heteroatoms. The lowest BCUT2D eigenvalue weighted by Crippen LogP contribution is -2.08. The second-order valence-electron chi connectivity index (χ2n) is 3.02. The molecule has 0 fully saturated rings. The van der Waals surface area contributed by atoms with Crippen LogP contribution in [0.25, 0.3) is 0 Å². The first-order chi connectivity index (χ1) is 6.86. The molecule has 0 aliphatic heterocycles. The van der Waals surface area contributed by atoms with Crippen LogP contribution in [0.5, 0.6) is 11.5 Å². The van der Waals surface area contributed by atoms with E-state index in [0.717, 1.165) is 6.07 Å². The molecule has 1 rings (SSSR count). The van der Waals surface area contributed by atoms with Gasteiger partial charge in [0, 0.05) is 5.56 Å².